The van der Waals surface area contributed by atoms with E-state index in [2.05, 4.69) is 25.6 Å². The minimum atomic E-state index is -4.81. The summed E-state index contributed by atoms with van der Waals surface area (Å²) in [6.07, 6.45) is 0. The topological polar surface area (TPSA) is 167 Å². The van der Waals surface area contributed by atoms with E-state index >= 15 is 0 Å². The van der Waals surface area contributed by atoms with Crippen molar-refractivity contribution in [2.24, 2.45) is 5.16 Å². The van der Waals surface area contributed by atoms with Crippen molar-refractivity contribution in [2.45, 2.75) is 12.1 Å². The van der Waals surface area contributed by atoms with Crippen LogP contribution < -0.4 is 10.6 Å². The molecular weight excluding hydrogens is 461 g/mol. The summed E-state index contributed by atoms with van der Waals surface area (Å²) >= 11 is 12.0. The molecule has 1 aliphatic heterocycles. The fourth-order valence-corrected chi connectivity index (χ4v) is 4.27. The second-order valence-corrected chi connectivity index (χ2v) is 7.85. The third kappa shape index (κ3) is 4.70. The van der Waals surface area contributed by atoms with Gasteiger partial charge in [-0.1, -0.05) is 5.16 Å². The number of thiazole rings is 1. The Labute approximate surface area is 172 Å². The van der Waals surface area contributed by atoms with Crippen molar-refractivity contribution in [2.75, 3.05) is 24.2 Å². The average Bonchev–Trinajstić information content (AvgIpc) is 3.08. The van der Waals surface area contributed by atoms with E-state index in [0.29, 0.717) is 0 Å². The Morgan fingerprint density at radius 2 is 2.14 bits per heavy atom. The van der Waals surface area contributed by atoms with Crippen LogP contribution in [0.4, 0.5) is 5.13 Å². The largest absolute Gasteiger partial charge is 0.398 e. The number of β-lactam (4-membered cyclic amide) rings is 1. The van der Waals surface area contributed by atoms with E-state index in [9.17, 15) is 22.8 Å². The normalized spacial score (nSPS) is 19.8. The Bertz CT molecular complexity index is 919. The van der Waals surface area contributed by atoms with Gasteiger partial charge >= 0.3 is 10.3 Å². The number of nitrogens with zero attached hydrogens (tertiary/aromatic N) is 3. The first kappa shape index (κ1) is 22.3. The molecular formula is C12H13Cl2N5O7S2. The second kappa shape index (κ2) is 9.00. The number of rotatable bonds is 8. The summed E-state index contributed by atoms with van der Waals surface area (Å²) in [5, 5.41) is 9.75. The number of carbonyl (C=O) groups is 3. The van der Waals surface area contributed by atoms with Crippen LogP contribution in [-0.2, 0) is 29.5 Å². The number of aromatic nitrogens is 1. The molecule has 0 bridgehead atoms. The van der Waals surface area contributed by atoms with Crippen LogP contribution in [0.2, 0.25) is 0 Å². The molecule has 0 aromatic carbocycles. The van der Waals surface area contributed by atoms with Crippen molar-refractivity contribution >= 4 is 73.4 Å². The maximum atomic E-state index is 12.5. The summed E-state index contributed by atoms with van der Waals surface area (Å²) in [6, 6.07) is -2.48. The van der Waals surface area contributed by atoms with E-state index in [1.54, 1.807) is 0 Å². The van der Waals surface area contributed by atoms with Gasteiger partial charge in [0.05, 0.1) is 6.04 Å². The van der Waals surface area contributed by atoms with Crippen LogP contribution in [-0.4, -0.2) is 76.6 Å². The molecule has 2 atom stereocenters. The molecule has 1 fully saturated rings. The van der Waals surface area contributed by atoms with E-state index in [-0.39, 0.29) is 32.6 Å². The minimum Gasteiger partial charge on any atom is -0.398 e. The predicted octanol–water partition coefficient (Wildman–Crippen LogP) is -0.592. The molecule has 12 nitrogen and oxygen atoms in total. The van der Waals surface area contributed by atoms with E-state index in [1.165, 1.54) is 12.5 Å². The van der Waals surface area contributed by atoms with Crippen molar-refractivity contribution in [3.63, 3.8) is 0 Å². The molecule has 0 saturated carbocycles. The van der Waals surface area contributed by atoms with Crippen molar-refractivity contribution in [1.29, 1.82) is 0 Å². The SMILES string of the molecule is CO/N=C(\C(=O)N[C@H]1C(=O)N(S(=O)(=O)O)[C@H]1CCl)c1csc(NC(=O)CCl)n1. The lowest BCUT2D eigenvalue weighted by Gasteiger charge is -2.43. The van der Waals surface area contributed by atoms with Gasteiger partial charge in [-0.2, -0.15) is 8.42 Å². The Morgan fingerprint density at radius 1 is 1.46 bits per heavy atom. The van der Waals surface area contributed by atoms with Gasteiger partial charge in [0.2, 0.25) is 5.91 Å². The molecule has 16 heteroatoms. The standard InChI is InChI=1S/C12H13Cl2N5O7S2/c1-26-18-8(5-4-27-12(15-5)16-7(20)3-14)10(21)17-9-6(2-13)19(11(9)22)28(23,24)25/h4,6,9H,2-3H2,1H3,(H,17,21)(H,15,16,20)(H,23,24,25)/b18-8-/t6-,9+/m0/s1. The quantitative estimate of drug-likeness (QED) is 0.148. The highest BCUT2D eigenvalue weighted by molar-refractivity contribution is 7.84. The molecule has 28 heavy (non-hydrogen) atoms. The molecule has 3 N–H and O–H groups in total. The van der Waals surface area contributed by atoms with Gasteiger partial charge in [0.15, 0.2) is 10.8 Å². The molecule has 1 saturated heterocycles. The second-order valence-electron chi connectivity index (χ2n) is 5.13. The zero-order valence-corrected chi connectivity index (χ0v) is 17.1. The number of nitrogens with one attached hydrogen (secondary N) is 2. The van der Waals surface area contributed by atoms with Crippen LogP contribution in [0.3, 0.4) is 0 Å². The number of carbonyl (C=O) groups excluding carboxylic acids is 3. The first-order chi connectivity index (χ1) is 13.1. The highest BCUT2D eigenvalue weighted by Crippen LogP contribution is 2.25. The summed E-state index contributed by atoms with van der Waals surface area (Å²) in [5.41, 5.74) is -0.313. The van der Waals surface area contributed by atoms with E-state index in [0.717, 1.165) is 11.3 Å². The smallest absolute Gasteiger partial charge is 0.362 e. The predicted molar refractivity (Wildman–Crippen MR) is 99.8 cm³/mol. The van der Waals surface area contributed by atoms with Gasteiger partial charge in [-0.15, -0.1) is 34.5 Å². The molecule has 154 valence electrons. The fourth-order valence-electron chi connectivity index (χ4n) is 2.21. The minimum absolute atomic E-state index is 0.0232. The Kier molecular flexibility index (Phi) is 7.16. The van der Waals surface area contributed by atoms with Crippen LogP contribution in [0.5, 0.6) is 0 Å². The van der Waals surface area contributed by atoms with Crippen molar-refractivity contribution in [3.05, 3.63) is 11.1 Å². The van der Waals surface area contributed by atoms with Gasteiger partial charge in [0.1, 0.15) is 24.7 Å². The zero-order chi connectivity index (χ0) is 21.1. The molecule has 1 aliphatic rings. The zero-order valence-electron chi connectivity index (χ0n) is 14.0. The summed E-state index contributed by atoms with van der Waals surface area (Å²) in [4.78, 5) is 44.4. The van der Waals surface area contributed by atoms with Crippen LogP contribution in [0.1, 0.15) is 5.69 Å². The first-order valence-electron chi connectivity index (χ1n) is 7.24. The average molecular weight is 474 g/mol. The van der Waals surface area contributed by atoms with Gasteiger partial charge < -0.3 is 15.5 Å². The summed E-state index contributed by atoms with van der Waals surface area (Å²) < 4.78 is 31.6. The number of alkyl halides is 2. The molecule has 0 spiro atoms. The number of hydrogen-bond acceptors (Lipinski definition) is 9. The Morgan fingerprint density at radius 3 is 2.68 bits per heavy atom. The summed E-state index contributed by atoms with van der Waals surface area (Å²) in [7, 11) is -3.63. The molecule has 2 rings (SSSR count). The van der Waals surface area contributed by atoms with Crippen molar-refractivity contribution in [3.8, 4) is 0 Å². The van der Waals surface area contributed by atoms with Gasteiger partial charge in [0.25, 0.3) is 11.8 Å². The van der Waals surface area contributed by atoms with E-state index in [4.69, 9.17) is 27.8 Å². The molecule has 3 amide bonds. The number of amides is 3. The monoisotopic (exact) mass is 473 g/mol. The lowest BCUT2D eigenvalue weighted by Crippen LogP contribution is -2.73. The molecule has 0 aliphatic carbocycles. The Balaban J connectivity index is 2.17. The highest BCUT2D eigenvalue weighted by Gasteiger charge is 2.53. The third-order valence-corrected chi connectivity index (χ3v) is 5.64. The molecule has 1 aromatic rings. The van der Waals surface area contributed by atoms with Crippen LogP contribution in [0.25, 0.3) is 0 Å². The lowest BCUT2D eigenvalue weighted by molar-refractivity contribution is -0.143. The van der Waals surface area contributed by atoms with E-state index < -0.39 is 40.1 Å². The molecule has 1 aromatic heterocycles. The highest BCUT2D eigenvalue weighted by atomic mass is 35.5. The van der Waals surface area contributed by atoms with Crippen LogP contribution >= 0.6 is 34.5 Å². The van der Waals surface area contributed by atoms with Crippen molar-refractivity contribution < 1.29 is 32.2 Å². The maximum Gasteiger partial charge on any atom is 0.362 e. The van der Waals surface area contributed by atoms with Gasteiger partial charge in [-0.05, 0) is 0 Å². The fraction of sp³-hybridized carbons (Fsp3) is 0.417. The van der Waals surface area contributed by atoms with Crippen LogP contribution in [0.15, 0.2) is 10.5 Å². The Hall–Kier alpha value is -2.00. The van der Waals surface area contributed by atoms with Gasteiger partial charge in [-0.3, -0.25) is 18.9 Å². The first-order valence-corrected chi connectivity index (χ1v) is 10.6. The molecule has 0 unspecified atom stereocenters. The van der Waals surface area contributed by atoms with Crippen LogP contribution in [0, 0.1) is 0 Å². The lowest BCUT2D eigenvalue weighted by atomic mass is 10.0. The number of hydrogen-bond donors (Lipinski definition) is 3. The summed E-state index contributed by atoms with van der Waals surface area (Å²) in [6.45, 7) is 0. The number of halogens is 2. The van der Waals surface area contributed by atoms with Crippen molar-refractivity contribution in [1.82, 2.24) is 14.6 Å². The summed E-state index contributed by atoms with van der Waals surface area (Å²) in [5.74, 6) is -3.13. The van der Waals surface area contributed by atoms with Gasteiger partial charge in [-0.25, -0.2) is 9.29 Å². The van der Waals surface area contributed by atoms with E-state index in [1.807, 2.05) is 0 Å². The van der Waals surface area contributed by atoms with Gasteiger partial charge in [0, 0.05) is 11.3 Å². The third-order valence-electron chi connectivity index (χ3n) is 3.37. The number of anilines is 1. The molecule has 2 heterocycles. The maximum absolute atomic E-state index is 12.5. The molecule has 0 radical (unpaired) electrons. The number of oxime groups is 1.